The number of nitrogens with two attached hydrogens (primary N) is 1. The lowest BCUT2D eigenvalue weighted by atomic mass is 9.64. The van der Waals surface area contributed by atoms with Crippen LogP contribution < -0.4 is 17.7 Å². The zero-order valence-corrected chi connectivity index (χ0v) is 24.2. The normalized spacial score (nSPS) is 28.3. The lowest BCUT2D eigenvalue weighted by molar-refractivity contribution is -0.700. The number of carboxylic acid groups (broad SMARTS) is 1. The number of benzene rings is 3. The fourth-order valence-electron chi connectivity index (χ4n) is 7.12. The summed E-state index contributed by atoms with van der Waals surface area (Å²) in [6, 6.07) is 28.8. The summed E-state index contributed by atoms with van der Waals surface area (Å²) in [6.07, 6.45) is 2.68. The number of rotatable bonds is 7. The Bertz CT molecular complexity index is 1270. The van der Waals surface area contributed by atoms with E-state index in [2.05, 4.69) is 45.0 Å². The SMILES string of the molecule is C[C@@H]1CC[C@@H](C(C)(C)c2ccccc2)[C@H](OC(=O)[C@@H]2[C@@H](c3ccccc3)[C@@H](C(=O)O)[NH2+][C@H]2c2ccccc2)C1.[Cl-]. The monoisotopic (exact) mass is 561 g/mol. The van der Waals surface area contributed by atoms with Crippen molar-refractivity contribution in [1.29, 1.82) is 0 Å². The predicted molar refractivity (Wildman–Crippen MR) is 151 cm³/mol. The van der Waals surface area contributed by atoms with E-state index < -0.39 is 23.8 Å². The summed E-state index contributed by atoms with van der Waals surface area (Å²) < 4.78 is 6.55. The standard InChI is InChI=1S/C34H39NO4.ClH/c1-22-19-20-26(34(2,3)25-17-11-6-12-18-25)27(21-22)39-33(38)29-28(23-13-7-4-8-14-23)31(32(36)37)35-30(29)24-15-9-5-10-16-24;/h4-18,22,26-31,35H,19-21H2,1-3H3,(H,36,37);1H/t22-,26-,27-,28-,29-,30+,31+;/m1./s1. The molecule has 1 aliphatic carbocycles. The average Bonchev–Trinajstić information content (AvgIpc) is 3.36. The van der Waals surface area contributed by atoms with Crippen molar-refractivity contribution < 1.29 is 37.2 Å². The average molecular weight is 562 g/mol. The van der Waals surface area contributed by atoms with Gasteiger partial charge in [0.05, 0.1) is 5.92 Å². The van der Waals surface area contributed by atoms with Gasteiger partial charge in [-0.25, -0.2) is 4.79 Å². The summed E-state index contributed by atoms with van der Waals surface area (Å²) in [6.45, 7) is 6.75. The second-order valence-electron chi connectivity index (χ2n) is 12.0. The Morgan fingerprint density at radius 1 is 0.850 bits per heavy atom. The fourth-order valence-corrected chi connectivity index (χ4v) is 7.12. The second-order valence-corrected chi connectivity index (χ2v) is 12.0. The predicted octanol–water partition coefficient (Wildman–Crippen LogP) is 2.49. The zero-order valence-electron chi connectivity index (χ0n) is 23.5. The molecule has 0 aromatic heterocycles. The molecule has 0 bridgehead atoms. The number of carboxylic acids is 1. The molecule has 1 saturated carbocycles. The highest BCUT2D eigenvalue weighted by atomic mass is 35.5. The molecule has 3 aromatic rings. The topological polar surface area (TPSA) is 80.2 Å². The van der Waals surface area contributed by atoms with Gasteiger partial charge in [0.1, 0.15) is 18.1 Å². The number of esters is 1. The lowest BCUT2D eigenvalue weighted by Crippen LogP contribution is -3.00. The summed E-state index contributed by atoms with van der Waals surface area (Å²) in [7, 11) is 0. The molecule has 1 heterocycles. The number of carbonyl (C=O) groups excluding carboxylic acids is 1. The molecule has 2 aliphatic rings. The summed E-state index contributed by atoms with van der Waals surface area (Å²) >= 11 is 0. The molecule has 1 saturated heterocycles. The number of hydrogen-bond acceptors (Lipinski definition) is 3. The van der Waals surface area contributed by atoms with Gasteiger partial charge in [-0.3, -0.25) is 4.79 Å². The quantitative estimate of drug-likeness (QED) is 0.434. The van der Waals surface area contributed by atoms with Gasteiger partial charge in [-0.05, 0) is 35.3 Å². The van der Waals surface area contributed by atoms with E-state index in [9.17, 15) is 14.7 Å². The Morgan fingerprint density at radius 3 is 1.98 bits per heavy atom. The Labute approximate surface area is 243 Å². The van der Waals surface area contributed by atoms with Crippen LogP contribution >= 0.6 is 0 Å². The molecule has 0 unspecified atom stereocenters. The van der Waals surface area contributed by atoms with Crippen LogP contribution in [-0.4, -0.2) is 29.2 Å². The first-order valence-corrected chi connectivity index (χ1v) is 14.2. The fraction of sp³-hybridized carbons (Fsp3) is 0.412. The van der Waals surface area contributed by atoms with E-state index in [-0.39, 0.29) is 41.9 Å². The van der Waals surface area contributed by atoms with E-state index in [1.54, 1.807) is 0 Å². The Kier molecular flexibility index (Phi) is 9.37. The van der Waals surface area contributed by atoms with E-state index in [0.717, 1.165) is 30.4 Å². The van der Waals surface area contributed by atoms with Crippen molar-refractivity contribution in [3.8, 4) is 0 Å². The van der Waals surface area contributed by atoms with Crippen molar-refractivity contribution in [1.82, 2.24) is 0 Å². The molecule has 2 fully saturated rings. The van der Waals surface area contributed by atoms with Crippen molar-refractivity contribution in [3.05, 3.63) is 108 Å². The molecule has 0 radical (unpaired) electrons. The highest BCUT2D eigenvalue weighted by Gasteiger charge is 2.56. The molecule has 3 aromatic carbocycles. The highest BCUT2D eigenvalue weighted by Crippen LogP contribution is 2.45. The van der Waals surface area contributed by atoms with Gasteiger partial charge in [-0.1, -0.05) is 118 Å². The van der Waals surface area contributed by atoms with Crippen LogP contribution in [0, 0.1) is 17.8 Å². The molecule has 7 atom stereocenters. The number of aliphatic carboxylic acids is 1. The molecule has 3 N–H and O–H groups in total. The van der Waals surface area contributed by atoms with E-state index in [0.29, 0.717) is 5.92 Å². The number of quaternary nitrogens is 1. The van der Waals surface area contributed by atoms with E-state index >= 15 is 0 Å². The molecule has 212 valence electrons. The molecule has 1 aliphatic heterocycles. The maximum Gasteiger partial charge on any atom is 0.363 e. The number of halogens is 1. The highest BCUT2D eigenvalue weighted by molar-refractivity contribution is 5.80. The van der Waals surface area contributed by atoms with Crippen LogP contribution in [0.1, 0.15) is 68.7 Å². The molecule has 0 spiro atoms. The number of ether oxygens (including phenoxy) is 1. The third-order valence-corrected chi connectivity index (χ3v) is 9.27. The van der Waals surface area contributed by atoms with Crippen molar-refractivity contribution in [2.24, 2.45) is 17.8 Å². The Hall–Kier alpha value is -3.15. The third kappa shape index (κ3) is 5.96. The van der Waals surface area contributed by atoms with Crippen molar-refractivity contribution >= 4 is 11.9 Å². The summed E-state index contributed by atoms with van der Waals surface area (Å²) in [4.78, 5) is 26.9. The third-order valence-electron chi connectivity index (χ3n) is 9.27. The van der Waals surface area contributed by atoms with Gasteiger partial charge >= 0.3 is 11.9 Å². The largest absolute Gasteiger partial charge is 1.00 e. The van der Waals surface area contributed by atoms with Crippen LogP contribution in [0.3, 0.4) is 0 Å². The molecule has 40 heavy (non-hydrogen) atoms. The number of carbonyl (C=O) groups is 2. The zero-order chi connectivity index (χ0) is 27.6. The van der Waals surface area contributed by atoms with Gasteiger partial charge in [0.2, 0.25) is 0 Å². The van der Waals surface area contributed by atoms with E-state index in [4.69, 9.17) is 4.74 Å². The summed E-state index contributed by atoms with van der Waals surface area (Å²) in [5.74, 6) is -1.68. The Morgan fingerprint density at radius 2 is 1.40 bits per heavy atom. The molecular formula is C34H40ClNO4. The van der Waals surface area contributed by atoms with Crippen LogP contribution in [0.5, 0.6) is 0 Å². The number of hydrogen-bond donors (Lipinski definition) is 2. The van der Waals surface area contributed by atoms with E-state index in [1.165, 1.54) is 5.56 Å². The maximum atomic E-state index is 14.3. The molecule has 5 nitrogen and oxygen atoms in total. The first kappa shape index (κ1) is 29.8. The van der Waals surface area contributed by atoms with Crippen LogP contribution in [0.15, 0.2) is 91.0 Å². The molecule has 5 rings (SSSR count). The van der Waals surface area contributed by atoms with E-state index in [1.807, 2.05) is 72.0 Å². The van der Waals surface area contributed by atoms with Crippen molar-refractivity contribution in [2.45, 2.75) is 69.6 Å². The first-order chi connectivity index (χ1) is 18.8. The molecule has 6 heteroatoms. The lowest BCUT2D eigenvalue weighted by Gasteiger charge is -2.44. The smallest absolute Gasteiger partial charge is 0.363 e. The van der Waals surface area contributed by atoms with Gasteiger partial charge in [0.15, 0.2) is 6.04 Å². The summed E-state index contributed by atoms with van der Waals surface area (Å²) in [5, 5.41) is 12.1. The Balaban J connectivity index is 0.00000370. The van der Waals surface area contributed by atoms with Crippen LogP contribution in [0.25, 0.3) is 0 Å². The van der Waals surface area contributed by atoms with Crippen LogP contribution in [-0.2, 0) is 19.7 Å². The minimum Gasteiger partial charge on any atom is -1.00 e. The van der Waals surface area contributed by atoms with Gasteiger partial charge in [0.25, 0.3) is 0 Å². The van der Waals surface area contributed by atoms with Gasteiger partial charge < -0.3 is 27.6 Å². The summed E-state index contributed by atoms with van der Waals surface area (Å²) in [5.41, 5.74) is 2.88. The van der Waals surface area contributed by atoms with Crippen LogP contribution in [0.4, 0.5) is 0 Å². The minimum absolute atomic E-state index is 0. The minimum atomic E-state index is -0.908. The molecular weight excluding hydrogens is 522 g/mol. The van der Waals surface area contributed by atoms with Crippen LogP contribution in [0.2, 0.25) is 0 Å². The van der Waals surface area contributed by atoms with Crippen molar-refractivity contribution in [3.63, 3.8) is 0 Å². The van der Waals surface area contributed by atoms with Crippen molar-refractivity contribution in [2.75, 3.05) is 0 Å². The van der Waals surface area contributed by atoms with Gasteiger partial charge in [-0.2, -0.15) is 0 Å². The van der Waals surface area contributed by atoms with Gasteiger partial charge in [0, 0.05) is 11.5 Å². The maximum absolute atomic E-state index is 14.3. The first-order valence-electron chi connectivity index (χ1n) is 14.2. The molecule has 0 amide bonds. The second kappa shape index (κ2) is 12.6. The van der Waals surface area contributed by atoms with Gasteiger partial charge in [-0.15, -0.1) is 0 Å².